The lowest BCUT2D eigenvalue weighted by atomic mass is 9.88. The lowest BCUT2D eigenvalue weighted by Crippen LogP contribution is -2.55. The van der Waals surface area contributed by atoms with Crippen LogP contribution in [0.1, 0.15) is 53.9 Å². The van der Waals surface area contributed by atoms with Crippen LogP contribution in [0.3, 0.4) is 0 Å². The third-order valence-electron chi connectivity index (χ3n) is 6.78. The number of nitrogens with zero attached hydrogens (tertiary/aromatic N) is 2. The summed E-state index contributed by atoms with van der Waals surface area (Å²) in [6.07, 6.45) is 5.01. The van der Waals surface area contributed by atoms with E-state index in [1.807, 2.05) is 6.92 Å². The SMILES string of the molecule is COC(=O)c1c(NC(=O)CN2CCN([C@@H](C)C(=O)NC3CC3)CC2)sc2c1CC[C@@H](C)C2. The minimum absolute atomic E-state index is 0.102. The zero-order valence-corrected chi connectivity index (χ0v) is 20.1. The van der Waals surface area contributed by atoms with Gasteiger partial charge in [-0.1, -0.05) is 6.92 Å². The first-order valence-electron chi connectivity index (χ1n) is 11.6. The molecule has 4 rings (SSSR count). The number of esters is 1. The molecule has 0 aromatic carbocycles. The average molecular weight is 463 g/mol. The molecule has 0 unspecified atom stereocenters. The molecular weight excluding hydrogens is 428 g/mol. The largest absolute Gasteiger partial charge is 0.465 e. The standard InChI is InChI=1S/C23H34N4O4S/c1-14-4-7-17-18(12-14)32-22(20(17)23(30)31-3)25-19(28)13-26-8-10-27(11-9-26)15(2)21(29)24-16-5-6-16/h14-16H,4-13H2,1-3H3,(H,24,29)(H,25,28)/t14-,15+/m1/s1. The molecule has 1 saturated carbocycles. The van der Waals surface area contributed by atoms with Crippen molar-refractivity contribution in [2.75, 3.05) is 45.2 Å². The van der Waals surface area contributed by atoms with Gasteiger partial charge in [-0.15, -0.1) is 11.3 Å². The molecule has 2 atom stereocenters. The number of ether oxygens (including phenoxy) is 1. The van der Waals surface area contributed by atoms with Crippen LogP contribution in [-0.2, 0) is 27.2 Å². The zero-order chi connectivity index (χ0) is 22.8. The molecule has 0 spiro atoms. The van der Waals surface area contributed by atoms with Crippen LogP contribution in [0.2, 0.25) is 0 Å². The van der Waals surface area contributed by atoms with E-state index in [1.54, 1.807) is 0 Å². The lowest BCUT2D eigenvalue weighted by Gasteiger charge is -2.37. The Morgan fingerprint density at radius 2 is 1.88 bits per heavy atom. The minimum atomic E-state index is -0.376. The van der Waals surface area contributed by atoms with Crippen molar-refractivity contribution in [3.05, 3.63) is 16.0 Å². The maximum absolute atomic E-state index is 12.8. The quantitative estimate of drug-likeness (QED) is 0.602. The third-order valence-corrected chi connectivity index (χ3v) is 7.95. The van der Waals surface area contributed by atoms with Gasteiger partial charge in [-0.3, -0.25) is 19.4 Å². The molecule has 9 heteroatoms. The number of piperazine rings is 1. The number of carbonyl (C=O) groups excluding carboxylic acids is 3. The number of thiophene rings is 1. The van der Waals surface area contributed by atoms with Gasteiger partial charge in [0.05, 0.1) is 25.3 Å². The van der Waals surface area contributed by atoms with Gasteiger partial charge < -0.3 is 15.4 Å². The Hall–Kier alpha value is -1.97. The highest BCUT2D eigenvalue weighted by Gasteiger charge is 2.31. The Balaban J connectivity index is 1.31. The number of methoxy groups -OCH3 is 1. The summed E-state index contributed by atoms with van der Waals surface area (Å²) >= 11 is 1.51. The van der Waals surface area contributed by atoms with Crippen molar-refractivity contribution in [1.82, 2.24) is 15.1 Å². The highest BCUT2D eigenvalue weighted by molar-refractivity contribution is 7.17. The second-order valence-electron chi connectivity index (χ2n) is 9.37. The molecule has 3 aliphatic rings. The molecule has 2 amide bonds. The first-order valence-corrected chi connectivity index (χ1v) is 12.5. The van der Waals surface area contributed by atoms with E-state index in [-0.39, 0.29) is 30.4 Å². The van der Waals surface area contributed by atoms with Gasteiger partial charge in [0.25, 0.3) is 0 Å². The minimum Gasteiger partial charge on any atom is -0.465 e. The first kappa shape index (κ1) is 23.2. The van der Waals surface area contributed by atoms with Crippen molar-refractivity contribution in [2.24, 2.45) is 5.92 Å². The van der Waals surface area contributed by atoms with E-state index in [4.69, 9.17) is 4.74 Å². The Morgan fingerprint density at radius 3 is 2.53 bits per heavy atom. The Labute approximate surface area is 193 Å². The van der Waals surface area contributed by atoms with Crippen molar-refractivity contribution < 1.29 is 19.1 Å². The van der Waals surface area contributed by atoms with Gasteiger partial charge >= 0.3 is 5.97 Å². The van der Waals surface area contributed by atoms with E-state index in [0.717, 1.165) is 63.8 Å². The van der Waals surface area contributed by atoms with E-state index in [0.29, 0.717) is 22.5 Å². The molecule has 2 heterocycles. The zero-order valence-electron chi connectivity index (χ0n) is 19.2. The summed E-state index contributed by atoms with van der Waals surface area (Å²) in [7, 11) is 1.38. The number of rotatable bonds is 7. The maximum Gasteiger partial charge on any atom is 0.341 e. The van der Waals surface area contributed by atoms with Crippen molar-refractivity contribution in [2.45, 2.75) is 58.0 Å². The maximum atomic E-state index is 12.8. The molecule has 2 N–H and O–H groups in total. The number of fused-ring (bicyclic) bond motifs is 1. The summed E-state index contributed by atoms with van der Waals surface area (Å²) in [5.41, 5.74) is 1.58. The van der Waals surface area contributed by atoms with Crippen molar-refractivity contribution >= 4 is 34.1 Å². The van der Waals surface area contributed by atoms with E-state index in [2.05, 4.69) is 27.4 Å². The van der Waals surface area contributed by atoms with Crippen LogP contribution in [-0.4, -0.2) is 79.5 Å². The Morgan fingerprint density at radius 1 is 1.16 bits per heavy atom. The molecule has 0 bridgehead atoms. The van der Waals surface area contributed by atoms with Gasteiger partial charge in [0, 0.05) is 37.1 Å². The van der Waals surface area contributed by atoms with Crippen molar-refractivity contribution in [3.8, 4) is 0 Å². The fourth-order valence-electron chi connectivity index (χ4n) is 4.55. The summed E-state index contributed by atoms with van der Waals surface area (Å²) in [6.45, 7) is 7.42. The van der Waals surface area contributed by atoms with E-state index < -0.39 is 0 Å². The summed E-state index contributed by atoms with van der Waals surface area (Å²) in [5.74, 6) is 0.194. The Bertz CT molecular complexity index is 874. The van der Waals surface area contributed by atoms with Gasteiger partial charge in [-0.05, 0) is 50.5 Å². The molecule has 176 valence electrons. The van der Waals surface area contributed by atoms with Gasteiger partial charge in [-0.25, -0.2) is 4.79 Å². The highest BCUT2D eigenvalue weighted by Crippen LogP contribution is 2.40. The van der Waals surface area contributed by atoms with Crippen molar-refractivity contribution in [3.63, 3.8) is 0 Å². The number of hydrogen-bond donors (Lipinski definition) is 2. The number of nitrogens with one attached hydrogen (secondary N) is 2. The second-order valence-corrected chi connectivity index (χ2v) is 10.5. The molecule has 8 nitrogen and oxygen atoms in total. The summed E-state index contributed by atoms with van der Waals surface area (Å²) in [5, 5.41) is 6.67. The van der Waals surface area contributed by atoms with E-state index in [9.17, 15) is 14.4 Å². The highest BCUT2D eigenvalue weighted by atomic mass is 32.1. The predicted octanol–water partition coefficient (Wildman–Crippen LogP) is 1.88. The van der Waals surface area contributed by atoms with Crippen LogP contribution < -0.4 is 10.6 Å². The summed E-state index contributed by atoms with van der Waals surface area (Å²) in [6, 6.07) is 0.227. The predicted molar refractivity (Wildman–Crippen MR) is 124 cm³/mol. The summed E-state index contributed by atoms with van der Waals surface area (Å²) < 4.78 is 5.01. The van der Waals surface area contributed by atoms with Gasteiger partial charge in [-0.2, -0.15) is 0 Å². The molecule has 32 heavy (non-hydrogen) atoms. The number of hydrogen-bond acceptors (Lipinski definition) is 7. The molecule has 2 aliphatic carbocycles. The van der Waals surface area contributed by atoms with Crippen LogP contribution in [0.5, 0.6) is 0 Å². The van der Waals surface area contributed by atoms with Gasteiger partial charge in [0.15, 0.2) is 0 Å². The monoisotopic (exact) mass is 462 g/mol. The number of carbonyl (C=O) groups is 3. The average Bonchev–Trinajstić information content (AvgIpc) is 3.52. The smallest absolute Gasteiger partial charge is 0.341 e. The molecule has 1 aromatic heterocycles. The van der Waals surface area contributed by atoms with Crippen LogP contribution in [0, 0.1) is 5.92 Å². The fraction of sp³-hybridized carbons (Fsp3) is 0.696. The molecular formula is C23H34N4O4S. The second kappa shape index (κ2) is 9.89. The fourth-order valence-corrected chi connectivity index (χ4v) is 5.97. The number of amides is 2. The molecule has 1 saturated heterocycles. The van der Waals surface area contributed by atoms with Gasteiger partial charge in [0.1, 0.15) is 5.00 Å². The summed E-state index contributed by atoms with van der Waals surface area (Å²) in [4.78, 5) is 43.0. The van der Waals surface area contributed by atoms with Crippen LogP contribution >= 0.6 is 11.3 Å². The lowest BCUT2D eigenvalue weighted by molar-refractivity contribution is -0.127. The van der Waals surface area contributed by atoms with E-state index >= 15 is 0 Å². The Kier molecular flexibility index (Phi) is 7.17. The topological polar surface area (TPSA) is 91.0 Å². The molecule has 1 aromatic rings. The molecule has 2 fully saturated rings. The van der Waals surface area contributed by atoms with Crippen LogP contribution in [0.4, 0.5) is 5.00 Å². The van der Waals surface area contributed by atoms with Gasteiger partial charge in [0.2, 0.25) is 11.8 Å². The van der Waals surface area contributed by atoms with Crippen LogP contribution in [0.25, 0.3) is 0 Å². The first-order chi connectivity index (χ1) is 15.4. The number of anilines is 1. The van der Waals surface area contributed by atoms with Crippen molar-refractivity contribution in [1.29, 1.82) is 0 Å². The van der Waals surface area contributed by atoms with E-state index in [1.165, 1.54) is 23.3 Å². The third kappa shape index (κ3) is 5.32. The molecule has 0 radical (unpaired) electrons. The van der Waals surface area contributed by atoms with Crippen LogP contribution in [0.15, 0.2) is 0 Å². The molecule has 1 aliphatic heterocycles. The normalized spacial score (nSPS) is 22.7.